The largest absolute Gasteiger partial charge is 0.490 e. The first-order chi connectivity index (χ1) is 9.02. The third-order valence-corrected chi connectivity index (χ3v) is 2.50. The predicted octanol–water partition coefficient (Wildman–Crippen LogP) is 3.30. The van der Waals surface area contributed by atoms with Crippen molar-refractivity contribution in [2.24, 2.45) is 0 Å². The van der Waals surface area contributed by atoms with E-state index >= 15 is 0 Å². The summed E-state index contributed by atoms with van der Waals surface area (Å²) in [4.78, 5) is 7.45. The number of hydrogen-bond acceptors (Lipinski definition) is 4. The van der Waals surface area contributed by atoms with E-state index in [0.29, 0.717) is 12.1 Å². The molecule has 0 saturated carbocycles. The van der Waals surface area contributed by atoms with Crippen molar-refractivity contribution in [1.29, 1.82) is 0 Å². The van der Waals surface area contributed by atoms with Gasteiger partial charge < -0.3 is 10.1 Å². The van der Waals surface area contributed by atoms with Gasteiger partial charge in [0, 0.05) is 12.1 Å². The van der Waals surface area contributed by atoms with E-state index in [-0.39, 0.29) is 22.4 Å². The van der Waals surface area contributed by atoms with Gasteiger partial charge in [-0.2, -0.15) is 0 Å². The molecule has 0 aliphatic rings. The van der Waals surface area contributed by atoms with Crippen LogP contribution in [0.3, 0.4) is 0 Å². The van der Waals surface area contributed by atoms with Crippen LogP contribution in [0.25, 0.3) is 0 Å². The topological polar surface area (TPSA) is 47.0 Å². The van der Waals surface area contributed by atoms with Crippen LogP contribution in [0.15, 0.2) is 18.5 Å². The Morgan fingerprint density at radius 3 is 2.47 bits per heavy atom. The molecule has 1 aromatic carbocycles. The molecule has 0 amide bonds. The fourth-order valence-corrected chi connectivity index (χ4v) is 1.58. The van der Waals surface area contributed by atoms with Crippen LogP contribution in [0.1, 0.15) is 0 Å². The first-order valence-electron chi connectivity index (χ1n) is 4.99. The molecule has 0 aliphatic heterocycles. The SMILES string of the molecule is COc1c(Cl)ncnc1Nc1cc(F)c(F)cc1F. The Morgan fingerprint density at radius 2 is 1.79 bits per heavy atom. The van der Waals surface area contributed by atoms with Crippen molar-refractivity contribution >= 4 is 23.1 Å². The van der Waals surface area contributed by atoms with E-state index in [4.69, 9.17) is 16.3 Å². The van der Waals surface area contributed by atoms with E-state index in [1.807, 2.05) is 0 Å². The molecule has 0 saturated heterocycles. The lowest BCUT2D eigenvalue weighted by atomic mass is 10.3. The van der Waals surface area contributed by atoms with Crippen LogP contribution in [-0.4, -0.2) is 17.1 Å². The van der Waals surface area contributed by atoms with Crippen LogP contribution in [0.4, 0.5) is 24.7 Å². The summed E-state index contributed by atoms with van der Waals surface area (Å²) in [6.07, 6.45) is 1.12. The Hall–Kier alpha value is -2.02. The Morgan fingerprint density at radius 1 is 1.11 bits per heavy atom. The zero-order valence-electron chi connectivity index (χ0n) is 9.55. The summed E-state index contributed by atoms with van der Waals surface area (Å²) < 4.78 is 44.2. The van der Waals surface area contributed by atoms with Crippen molar-refractivity contribution < 1.29 is 17.9 Å². The molecule has 8 heteroatoms. The first kappa shape index (κ1) is 13.4. The maximum atomic E-state index is 13.5. The van der Waals surface area contributed by atoms with Gasteiger partial charge in [-0.15, -0.1) is 0 Å². The molecule has 0 aliphatic carbocycles. The molecule has 19 heavy (non-hydrogen) atoms. The van der Waals surface area contributed by atoms with Gasteiger partial charge in [-0.25, -0.2) is 23.1 Å². The molecule has 1 N–H and O–H groups in total. The summed E-state index contributed by atoms with van der Waals surface area (Å²) in [5, 5.41) is 2.46. The second-order valence-electron chi connectivity index (χ2n) is 3.42. The molecule has 1 aromatic heterocycles. The molecule has 0 unspecified atom stereocenters. The minimum absolute atomic E-state index is 0.00277. The number of benzene rings is 1. The third kappa shape index (κ3) is 2.70. The van der Waals surface area contributed by atoms with E-state index in [1.165, 1.54) is 7.11 Å². The molecule has 0 bridgehead atoms. The van der Waals surface area contributed by atoms with Crippen molar-refractivity contribution in [1.82, 2.24) is 9.97 Å². The lowest BCUT2D eigenvalue weighted by Gasteiger charge is -2.11. The van der Waals surface area contributed by atoms with Crippen molar-refractivity contribution in [2.75, 3.05) is 12.4 Å². The maximum Gasteiger partial charge on any atom is 0.199 e. The van der Waals surface area contributed by atoms with Crippen LogP contribution in [0, 0.1) is 17.5 Å². The van der Waals surface area contributed by atoms with Crippen LogP contribution >= 0.6 is 11.6 Å². The summed E-state index contributed by atoms with van der Waals surface area (Å²) in [5.74, 6) is -3.35. The van der Waals surface area contributed by atoms with Gasteiger partial charge in [0.25, 0.3) is 0 Å². The summed E-state index contributed by atoms with van der Waals surface area (Å²) in [7, 11) is 1.32. The molecular weight excluding hydrogens is 283 g/mol. The van der Waals surface area contributed by atoms with Gasteiger partial charge in [0.2, 0.25) is 0 Å². The number of anilines is 2. The van der Waals surface area contributed by atoms with Crippen molar-refractivity contribution in [3.05, 3.63) is 41.1 Å². The number of ether oxygens (including phenoxy) is 1. The van der Waals surface area contributed by atoms with Gasteiger partial charge in [-0.1, -0.05) is 11.6 Å². The number of nitrogens with one attached hydrogen (secondary N) is 1. The molecule has 100 valence electrons. The number of aromatic nitrogens is 2. The third-order valence-electron chi connectivity index (χ3n) is 2.23. The predicted molar refractivity (Wildman–Crippen MR) is 63.2 cm³/mol. The standard InChI is InChI=1S/C11H7ClF3N3O/c1-19-9-10(12)16-4-17-11(9)18-8-3-6(14)5(13)2-7(8)15/h2-4H,1H3,(H,16,17,18). The lowest BCUT2D eigenvalue weighted by Crippen LogP contribution is -2.02. The smallest absolute Gasteiger partial charge is 0.199 e. The molecule has 2 aromatic rings. The molecular formula is C11H7ClF3N3O. The Bertz CT molecular complexity index is 624. The highest BCUT2D eigenvalue weighted by atomic mass is 35.5. The molecule has 0 atom stereocenters. The summed E-state index contributed by atoms with van der Waals surface area (Å²) in [5.41, 5.74) is -0.299. The molecule has 0 spiro atoms. The lowest BCUT2D eigenvalue weighted by molar-refractivity contribution is 0.413. The molecule has 4 nitrogen and oxygen atoms in total. The van der Waals surface area contributed by atoms with Crippen LogP contribution < -0.4 is 10.1 Å². The van der Waals surface area contributed by atoms with Gasteiger partial charge in [0.15, 0.2) is 28.4 Å². The van der Waals surface area contributed by atoms with Gasteiger partial charge >= 0.3 is 0 Å². The van der Waals surface area contributed by atoms with Crippen molar-refractivity contribution in [3.8, 4) is 5.75 Å². The molecule has 1 heterocycles. The van der Waals surface area contributed by atoms with E-state index in [0.717, 1.165) is 6.33 Å². The van der Waals surface area contributed by atoms with E-state index in [1.54, 1.807) is 0 Å². The number of hydrogen-bond donors (Lipinski definition) is 1. The first-order valence-corrected chi connectivity index (χ1v) is 5.36. The number of nitrogens with zero attached hydrogens (tertiary/aromatic N) is 2. The average Bonchev–Trinajstić information content (AvgIpc) is 2.36. The molecule has 2 rings (SSSR count). The average molecular weight is 290 g/mol. The van der Waals surface area contributed by atoms with Crippen LogP contribution in [0.2, 0.25) is 5.15 Å². The minimum Gasteiger partial charge on any atom is -0.490 e. The van der Waals surface area contributed by atoms with Crippen molar-refractivity contribution in [2.45, 2.75) is 0 Å². The van der Waals surface area contributed by atoms with Gasteiger partial charge in [0.1, 0.15) is 12.1 Å². The zero-order valence-corrected chi connectivity index (χ0v) is 10.3. The van der Waals surface area contributed by atoms with Gasteiger partial charge in [0.05, 0.1) is 12.8 Å². The number of methoxy groups -OCH3 is 1. The van der Waals surface area contributed by atoms with Gasteiger partial charge in [-0.3, -0.25) is 0 Å². The quantitative estimate of drug-likeness (QED) is 0.696. The Kier molecular flexibility index (Phi) is 3.75. The maximum absolute atomic E-state index is 13.5. The van der Waals surface area contributed by atoms with E-state index < -0.39 is 17.5 Å². The highest BCUT2D eigenvalue weighted by Crippen LogP contribution is 2.31. The fraction of sp³-hybridized carbons (Fsp3) is 0.0909. The van der Waals surface area contributed by atoms with E-state index in [2.05, 4.69) is 15.3 Å². The number of halogens is 4. The Labute approximate surface area is 111 Å². The fourth-order valence-electron chi connectivity index (χ4n) is 1.37. The molecule has 0 fully saturated rings. The molecule has 0 radical (unpaired) electrons. The second-order valence-corrected chi connectivity index (χ2v) is 3.78. The van der Waals surface area contributed by atoms with Crippen LogP contribution in [-0.2, 0) is 0 Å². The highest BCUT2D eigenvalue weighted by Gasteiger charge is 2.14. The van der Waals surface area contributed by atoms with Gasteiger partial charge in [-0.05, 0) is 0 Å². The number of rotatable bonds is 3. The minimum atomic E-state index is -1.28. The zero-order chi connectivity index (χ0) is 14.0. The van der Waals surface area contributed by atoms with Crippen LogP contribution in [0.5, 0.6) is 5.75 Å². The summed E-state index contributed by atoms with van der Waals surface area (Å²) in [6.45, 7) is 0. The normalized spacial score (nSPS) is 10.4. The summed E-state index contributed by atoms with van der Waals surface area (Å²) in [6, 6.07) is 1.09. The van der Waals surface area contributed by atoms with Crippen molar-refractivity contribution in [3.63, 3.8) is 0 Å². The second kappa shape index (κ2) is 5.31. The van der Waals surface area contributed by atoms with E-state index in [9.17, 15) is 13.2 Å². The summed E-state index contributed by atoms with van der Waals surface area (Å²) >= 11 is 5.75. The monoisotopic (exact) mass is 289 g/mol. The Balaban J connectivity index is 2.42. The highest BCUT2D eigenvalue weighted by molar-refractivity contribution is 6.31.